The maximum atomic E-state index is 12.8. The van der Waals surface area contributed by atoms with Crippen LogP contribution in [0.25, 0.3) is 0 Å². The summed E-state index contributed by atoms with van der Waals surface area (Å²) in [4.78, 5) is 11.0. The number of halogens is 1. The molecular formula is C8H9FN2O. The second-order valence-corrected chi connectivity index (χ2v) is 2.33. The van der Waals surface area contributed by atoms with Crippen LogP contribution < -0.4 is 11.5 Å². The molecule has 0 radical (unpaired) electrons. The quantitative estimate of drug-likeness (QED) is 0.500. The van der Waals surface area contributed by atoms with E-state index in [0.29, 0.717) is 0 Å². The highest BCUT2D eigenvalue weighted by atomic mass is 19.1. The zero-order chi connectivity index (χ0) is 9.14. The van der Waals surface area contributed by atoms with Crippen molar-refractivity contribution < 1.29 is 9.18 Å². The third kappa shape index (κ3) is 1.43. The fourth-order valence-electron chi connectivity index (χ4n) is 0.890. The van der Waals surface area contributed by atoms with Crippen molar-refractivity contribution in [3.8, 4) is 0 Å². The van der Waals surface area contributed by atoms with Crippen molar-refractivity contribution in [3.05, 3.63) is 29.6 Å². The minimum absolute atomic E-state index is 0.132. The number of hydrogen-bond acceptors (Lipinski definition) is 3. The van der Waals surface area contributed by atoms with Gasteiger partial charge >= 0.3 is 0 Å². The number of anilines is 1. The van der Waals surface area contributed by atoms with Crippen molar-refractivity contribution in [1.29, 1.82) is 0 Å². The second kappa shape index (κ2) is 3.32. The molecule has 0 atom stereocenters. The Morgan fingerprint density at radius 3 is 2.75 bits per heavy atom. The van der Waals surface area contributed by atoms with E-state index < -0.39 is 5.82 Å². The number of nitrogen functional groups attached to an aromatic ring is 1. The van der Waals surface area contributed by atoms with E-state index in [1.807, 2.05) is 0 Å². The molecule has 1 aromatic carbocycles. The molecule has 0 aliphatic heterocycles. The first-order valence-corrected chi connectivity index (χ1v) is 3.44. The Balaban J connectivity index is 3.16. The highest BCUT2D eigenvalue weighted by molar-refractivity contribution is 6.01. The van der Waals surface area contributed by atoms with Crippen molar-refractivity contribution in [1.82, 2.24) is 0 Å². The Morgan fingerprint density at radius 1 is 1.50 bits per heavy atom. The molecule has 0 saturated carbocycles. The molecule has 0 spiro atoms. The Kier molecular flexibility index (Phi) is 2.40. The van der Waals surface area contributed by atoms with Crippen molar-refractivity contribution in [2.75, 3.05) is 12.3 Å². The molecule has 1 aromatic rings. The van der Waals surface area contributed by atoms with Gasteiger partial charge in [0.15, 0.2) is 5.78 Å². The van der Waals surface area contributed by atoms with Gasteiger partial charge in [-0.25, -0.2) is 4.39 Å². The summed E-state index contributed by atoms with van der Waals surface area (Å²) in [5.41, 5.74) is 10.4. The maximum Gasteiger partial charge on any atom is 0.178 e. The summed E-state index contributed by atoms with van der Waals surface area (Å²) in [7, 11) is 0. The van der Waals surface area contributed by atoms with Crippen molar-refractivity contribution >= 4 is 11.5 Å². The molecule has 0 unspecified atom stereocenters. The summed E-state index contributed by atoms with van der Waals surface area (Å²) in [6.07, 6.45) is 0. The topological polar surface area (TPSA) is 69.1 Å². The molecule has 0 saturated heterocycles. The third-order valence-corrected chi connectivity index (χ3v) is 1.54. The number of hydrogen-bond donors (Lipinski definition) is 2. The molecule has 1 rings (SSSR count). The van der Waals surface area contributed by atoms with Crippen LogP contribution in [0.3, 0.4) is 0 Å². The predicted molar refractivity (Wildman–Crippen MR) is 44.2 cm³/mol. The van der Waals surface area contributed by atoms with Crippen LogP contribution in [-0.2, 0) is 0 Å². The van der Waals surface area contributed by atoms with Crippen LogP contribution in [0.4, 0.5) is 10.1 Å². The summed E-state index contributed by atoms with van der Waals surface area (Å²) in [6, 6.07) is 4.07. The first-order chi connectivity index (χ1) is 5.66. The lowest BCUT2D eigenvalue weighted by Crippen LogP contribution is -2.15. The largest absolute Gasteiger partial charge is 0.396 e. The monoisotopic (exact) mass is 168 g/mol. The van der Waals surface area contributed by atoms with Crippen LogP contribution in [0.5, 0.6) is 0 Å². The van der Waals surface area contributed by atoms with E-state index in [2.05, 4.69) is 0 Å². The van der Waals surface area contributed by atoms with Crippen LogP contribution in [0, 0.1) is 5.82 Å². The molecule has 0 aromatic heterocycles. The molecule has 4 heteroatoms. The maximum absolute atomic E-state index is 12.8. The fraction of sp³-hybridized carbons (Fsp3) is 0.125. The first kappa shape index (κ1) is 8.67. The molecule has 0 bridgehead atoms. The minimum Gasteiger partial charge on any atom is -0.396 e. The van der Waals surface area contributed by atoms with Crippen molar-refractivity contribution in [2.45, 2.75) is 0 Å². The van der Waals surface area contributed by atoms with Crippen LogP contribution in [0.1, 0.15) is 10.4 Å². The zero-order valence-electron chi connectivity index (χ0n) is 6.38. The number of ketones is 1. The zero-order valence-corrected chi connectivity index (χ0v) is 6.38. The number of nitrogens with two attached hydrogens (primary N) is 2. The van der Waals surface area contributed by atoms with Crippen LogP contribution in [0.15, 0.2) is 18.2 Å². The van der Waals surface area contributed by atoms with Gasteiger partial charge in [0.2, 0.25) is 0 Å². The highest BCUT2D eigenvalue weighted by Crippen LogP contribution is 2.15. The van der Waals surface area contributed by atoms with E-state index in [1.165, 1.54) is 18.2 Å². The normalized spacial score (nSPS) is 9.83. The lowest BCUT2D eigenvalue weighted by atomic mass is 10.1. The van der Waals surface area contributed by atoms with E-state index in [1.54, 1.807) is 0 Å². The summed E-state index contributed by atoms with van der Waals surface area (Å²) >= 11 is 0. The van der Waals surface area contributed by atoms with Gasteiger partial charge in [-0.15, -0.1) is 0 Å². The molecule has 0 fully saturated rings. The Labute approximate surface area is 69.2 Å². The van der Waals surface area contributed by atoms with Crippen LogP contribution in [0.2, 0.25) is 0 Å². The van der Waals surface area contributed by atoms with E-state index in [-0.39, 0.29) is 23.6 Å². The SMILES string of the molecule is NCC(=O)c1cccc(F)c1N. The molecule has 0 amide bonds. The minimum atomic E-state index is -0.589. The second-order valence-electron chi connectivity index (χ2n) is 2.33. The number of para-hydroxylation sites is 1. The van der Waals surface area contributed by atoms with Gasteiger partial charge in [-0.3, -0.25) is 4.79 Å². The molecule has 4 N–H and O–H groups in total. The van der Waals surface area contributed by atoms with Gasteiger partial charge in [0, 0.05) is 5.56 Å². The van der Waals surface area contributed by atoms with Gasteiger partial charge in [0.05, 0.1) is 12.2 Å². The molecular weight excluding hydrogens is 159 g/mol. The smallest absolute Gasteiger partial charge is 0.178 e. The highest BCUT2D eigenvalue weighted by Gasteiger charge is 2.09. The van der Waals surface area contributed by atoms with Crippen LogP contribution in [-0.4, -0.2) is 12.3 Å². The molecule has 0 heterocycles. The summed E-state index contributed by atoms with van der Waals surface area (Å²) in [5, 5.41) is 0. The van der Waals surface area contributed by atoms with E-state index >= 15 is 0 Å². The van der Waals surface area contributed by atoms with E-state index in [0.717, 1.165) is 0 Å². The van der Waals surface area contributed by atoms with E-state index in [4.69, 9.17) is 11.5 Å². The Hall–Kier alpha value is -1.42. The number of Topliss-reactive ketones (excluding diaryl/α,β-unsaturated/α-hetero) is 1. The van der Waals surface area contributed by atoms with Crippen LogP contribution >= 0.6 is 0 Å². The van der Waals surface area contributed by atoms with E-state index in [9.17, 15) is 9.18 Å². The number of benzene rings is 1. The Bertz CT molecular complexity index is 312. The number of carbonyl (C=O) groups is 1. The molecule has 0 aliphatic carbocycles. The van der Waals surface area contributed by atoms with Crippen molar-refractivity contribution in [2.24, 2.45) is 5.73 Å². The average molecular weight is 168 g/mol. The standard InChI is InChI=1S/C8H9FN2O/c9-6-3-1-2-5(8(6)11)7(12)4-10/h1-3H,4,10-11H2. The van der Waals surface area contributed by atoms with Gasteiger partial charge in [-0.05, 0) is 12.1 Å². The molecule has 12 heavy (non-hydrogen) atoms. The lowest BCUT2D eigenvalue weighted by Gasteiger charge is -2.02. The fourth-order valence-corrected chi connectivity index (χ4v) is 0.890. The van der Waals surface area contributed by atoms with Gasteiger partial charge in [-0.1, -0.05) is 6.07 Å². The predicted octanol–water partition coefficient (Wildman–Crippen LogP) is 0.549. The lowest BCUT2D eigenvalue weighted by molar-refractivity contribution is 0.100. The molecule has 0 aliphatic rings. The van der Waals surface area contributed by atoms with Gasteiger partial charge in [-0.2, -0.15) is 0 Å². The number of carbonyl (C=O) groups excluding carboxylic acids is 1. The third-order valence-electron chi connectivity index (χ3n) is 1.54. The van der Waals surface area contributed by atoms with Gasteiger partial charge < -0.3 is 11.5 Å². The van der Waals surface area contributed by atoms with Crippen molar-refractivity contribution in [3.63, 3.8) is 0 Å². The van der Waals surface area contributed by atoms with Gasteiger partial charge in [0.1, 0.15) is 5.82 Å². The Morgan fingerprint density at radius 2 is 2.17 bits per heavy atom. The molecule has 3 nitrogen and oxygen atoms in total. The average Bonchev–Trinajstić information content (AvgIpc) is 2.08. The summed E-state index contributed by atoms with van der Waals surface area (Å²) < 4.78 is 12.8. The van der Waals surface area contributed by atoms with Gasteiger partial charge in [0.25, 0.3) is 0 Å². The first-order valence-electron chi connectivity index (χ1n) is 3.44. The summed E-state index contributed by atoms with van der Waals surface area (Å²) in [6.45, 7) is -0.159. The molecule has 64 valence electrons. The number of rotatable bonds is 2. The summed E-state index contributed by atoms with van der Waals surface area (Å²) in [5.74, 6) is -0.943.